The van der Waals surface area contributed by atoms with Gasteiger partial charge in [-0.05, 0) is 44.1 Å². The van der Waals surface area contributed by atoms with Crippen LogP contribution in [0.25, 0.3) is 0 Å². The summed E-state index contributed by atoms with van der Waals surface area (Å²) in [6.45, 7) is 3.64. The smallest absolute Gasteiger partial charge is 0.338 e. The Hall–Kier alpha value is -1.49. The van der Waals surface area contributed by atoms with Gasteiger partial charge in [-0.15, -0.1) is 11.8 Å². The van der Waals surface area contributed by atoms with Crippen LogP contribution in [-0.4, -0.2) is 27.5 Å². The minimum absolute atomic E-state index is 0.108. The van der Waals surface area contributed by atoms with Crippen LogP contribution in [0, 0.1) is 6.92 Å². The topological polar surface area (TPSA) is 66.4 Å². The van der Waals surface area contributed by atoms with Crippen LogP contribution >= 0.6 is 11.8 Å². The zero-order valence-corrected chi connectivity index (χ0v) is 11.8. The molecule has 1 fully saturated rings. The number of thioether (sulfide) groups is 1. The number of hydrogen-bond donors (Lipinski definition) is 2. The fraction of sp³-hybridized carbons (Fsp3) is 0.429. The second-order valence-corrected chi connectivity index (χ2v) is 6.54. The molecule has 2 rings (SSSR count). The molecule has 1 heterocycles. The average Bonchev–Trinajstić information content (AvgIpc) is 2.77. The van der Waals surface area contributed by atoms with Crippen molar-refractivity contribution in [3.8, 4) is 0 Å². The van der Waals surface area contributed by atoms with Crippen molar-refractivity contribution in [2.24, 2.45) is 0 Å². The molecule has 1 aromatic rings. The molecule has 102 valence electrons. The number of carboxylic acids is 1. The molecular formula is C14H17NO3S. The maximum Gasteiger partial charge on any atom is 0.338 e. The van der Waals surface area contributed by atoms with Crippen molar-refractivity contribution in [2.75, 3.05) is 11.1 Å². The molecule has 0 radical (unpaired) electrons. The second-order valence-electron chi connectivity index (χ2n) is 4.94. The Morgan fingerprint density at radius 2 is 2.16 bits per heavy atom. The highest BCUT2D eigenvalue weighted by Gasteiger charge is 2.37. The third kappa shape index (κ3) is 2.76. The summed E-state index contributed by atoms with van der Waals surface area (Å²) in [5.74, 6) is -0.149. The standard InChI is InChI=1S/C14H17NO3S/c1-9-5-3-6-10(11(9)12(16)17)15-13(18)14(2)7-4-8-19-14/h3,5-6H,4,7-8H2,1-2H3,(H,15,18)(H,16,17). The average molecular weight is 279 g/mol. The summed E-state index contributed by atoms with van der Waals surface area (Å²) in [4.78, 5) is 23.6. The van der Waals surface area contributed by atoms with E-state index < -0.39 is 10.7 Å². The minimum Gasteiger partial charge on any atom is -0.478 e. The maximum atomic E-state index is 12.3. The van der Waals surface area contributed by atoms with E-state index in [4.69, 9.17) is 0 Å². The molecule has 1 amide bonds. The van der Waals surface area contributed by atoms with Gasteiger partial charge in [-0.1, -0.05) is 12.1 Å². The van der Waals surface area contributed by atoms with Gasteiger partial charge in [-0.25, -0.2) is 4.79 Å². The summed E-state index contributed by atoms with van der Waals surface area (Å²) in [7, 11) is 0. The highest BCUT2D eigenvalue weighted by Crippen LogP contribution is 2.38. The predicted molar refractivity (Wildman–Crippen MR) is 76.9 cm³/mol. The van der Waals surface area contributed by atoms with Crippen molar-refractivity contribution >= 4 is 29.3 Å². The van der Waals surface area contributed by atoms with Crippen molar-refractivity contribution in [2.45, 2.75) is 31.4 Å². The molecular weight excluding hydrogens is 262 g/mol. The molecule has 2 N–H and O–H groups in total. The van der Waals surface area contributed by atoms with E-state index in [1.54, 1.807) is 36.9 Å². The minimum atomic E-state index is -1.02. The molecule has 0 saturated carbocycles. The number of carbonyl (C=O) groups is 2. The van der Waals surface area contributed by atoms with Gasteiger partial charge in [0, 0.05) is 0 Å². The summed E-state index contributed by atoms with van der Waals surface area (Å²) in [6.07, 6.45) is 1.85. The third-order valence-electron chi connectivity index (χ3n) is 3.43. The van der Waals surface area contributed by atoms with Gasteiger partial charge in [-0.2, -0.15) is 0 Å². The van der Waals surface area contributed by atoms with Crippen LogP contribution in [0.1, 0.15) is 35.7 Å². The van der Waals surface area contributed by atoms with Crippen molar-refractivity contribution < 1.29 is 14.7 Å². The van der Waals surface area contributed by atoms with Crippen LogP contribution in [0.3, 0.4) is 0 Å². The summed E-state index contributed by atoms with van der Waals surface area (Å²) in [6, 6.07) is 5.12. The number of hydrogen-bond acceptors (Lipinski definition) is 3. The Morgan fingerprint density at radius 3 is 2.74 bits per heavy atom. The van der Waals surface area contributed by atoms with Crippen LogP contribution in [0.2, 0.25) is 0 Å². The molecule has 0 spiro atoms. The van der Waals surface area contributed by atoms with E-state index in [9.17, 15) is 14.7 Å². The van der Waals surface area contributed by atoms with Gasteiger partial charge >= 0.3 is 5.97 Å². The maximum absolute atomic E-state index is 12.3. The lowest BCUT2D eigenvalue weighted by Crippen LogP contribution is -2.35. The zero-order valence-electron chi connectivity index (χ0n) is 11.0. The molecule has 1 atom stereocenters. The Balaban J connectivity index is 2.26. The number of aryl methyl sites for hydroxylation is 1. The van der Waals surface area contributed by atoms with E-state index in [0.29, 0.717) is 11.3 Å². The fourth-order valence-corrected chi connectivity index (χ4v) is 3.48. The number of aromatic carboxylic acids is 1. The first-order chi connectivity index (χ1) is 8.94. The van der Waals surface area contributed by atoms with Crippen molar-refractivity contribution in [1.82, 2.24) is 0 Å². The van der Waals surface area contributed by atoms with Crippen molar-refractivity contribution in [3.05, 3.63) is 29.3 Å². The fourth-order valence-electron chi connectivity index (χ4n) is 2.27. The van der Waals surface area contributed by atoms with Crippen LogP contribution in [0.15, 0.2) is 18.2 Å². The van der Waals surface area contributed by atoms with Gasteiger partial charge in [0.25, 0.3) is 0 Å². The third-order valence-corrected chi connectivity index (χ3v) is 4.95. The number of benzene rings is 1. The molecule has 0 bridgehead atoms. The van der Waals surface area contributed by atoms with Crippen LogP contribution in [0.5, 0.6) is 0 Å². The number of carbonyl (C=O) groups excluding carboxylic acids is 1. The molecule has 1 aliphatic rings. The molecule has 4 nitrogen and oxygen atoms in total. The van der Waals surface area contributed by atoms with Crippen molar-refractivity contribution in [1.29, 1.82) is 0 Å². The normalized spacial score (nSPS) is 22.2. The van der Waals surface area contributed by atoms with Gasteiger partial charge < -0.3 is 10.4 Å². The Bertz CT molecular complexity index is 521. The molecule has 0 aliphatic carbocycles. The number of amides is 1. The SMILES string of the molecule is Cc1cccc(NC(=O)C2(C)CCCS2)c1C(=O)O. The van der Waals surface area contributed by atoms with Gasteiger partial charge in [0.2, 0.25) is 5.91 Å². The highest BCUT2D eigenvalue weighted by molar-refractivity contribution is 8.01. The van der Waals surface area contributed by atoms with Crippen LogP contribution in [-0.2, 0) is 4.79 Å². The van der Waals surface area contributed by atoms with Gasteiger partial charge in [0.15, 0.2) is 0 Å². The first-order valence-corrected chi connectivity index (χ1v) is 7.21. The monoisotopic (exact) mass is 279 g/mol. The Labute approximate surface area is 116 Å². The summed E-state index contributed by atoms with van der Waals surface area (Å²) >= 11 is 1.63. The van der Waals surface area contributed by atoms with Gasteiger partial charge in [-0.3, -0.25) is 4.79 Å². The largest absolute Gasteiger partial charge is 0.478 e. The zero-order chi connectivity index (χ0) is 14.0. The van der Waals surface area contributed by atoms with Gasteiger partial charge in [0.1, 0.15) is 0 Å². The number of carboxylic acid groups (broad SMARTS) is 1. The van der Waals surface area contributed by atoms with Crippen LogP contribution in [0.4, 0.5) is 5.69 Å². The molecule has 19 heavy (non-hydrogen) atoms. The molecule has 1 saturated heterocycles. The van der Waals surface area contributed by atoms with Crippen molar-refractivity contribution in [3.63, 3.8) is 0 Å². The van der Waals surface area contributed by atoms with E-state index in [-0.39, 0.29) is 11.5 Å². The molecule has 5 heteroatoms. The highest BCUT2D eigenvalue weighted by atomic mass is 32.2. The lowest BCUT2D eigenvalue weighted by molar-refractivity contribution is -0.118. The predicted octanol–water partition coefficient (Wildman–Crippen LogP) is 2.92. The second kappa shape index (κ2) is 5.25. The first-order valence-electron chi connectivity index (χ1n) is 6.22. The molecule has 0 aromatic heterocycles. The molecule has 1 aliphatic heterocycles. The number of nitrogens with one attached hydrogen (secondary N) is 1. The quantitative estimate of drug-likeness (QED) is 0.892. The van der Waals surface area contributed by atoms with E-state index in [1.807, 2.05) is 6.92 Å². The lowest BCUT2D eigenvalue weighted by atomic mass is 10.0. The molecule has 1 unspecified atom stereocenters. The first kappa shape index (κ1) is 13.9. The molecule has 1 aromatic carbocycles. The number of rotatable bonds is 3. The van der Waals surface area contributed by atoms with E-state index >= 15 is 0 Å². The van der Waals surface area contributed by atoms with E-state index in [1.165, 1.54) is 0 Å². The number of anilines is 1. The summed E-state index contributed by atoms with van der Waals surface area (Å²) in [5, 5.41) is 12.0. The van der Waals surface area contributed by atoms with Crippen LogP contribution < -0.4 is 5.32 Å². The summed E-state index contributed by atoms with van der Waals surface area (Å²) in [5.41, 5.74) is 1.20. The van der Waals surface area contributed by atoms with E-state index in [2.05, 4.69) is 5.32 Å². The Morgan fingerprint density at radius 1 is 1.42 bits per heavy atom. The Kier molecular flexibility index (Phi) is 3.85. The lowest BCUT2D eigenvalue weighted by Gasteiger charge is -2.22. The summed E-state index contributed by atoms with van der Waals surface area (Å²) < 4.78 is -0.445. The van der Waals surface area contributed by atoms with Gasteiger partial charge in [0.05, 0.1) is 16.0 Å². The van der Waals surface area contributed by atoms with E-state index in [0.717, 1.165) is 18.6 Å².